The molecule has 2 aromatic carbocycles. The molecular weight excluding hydrogens is 335 g/mol. The first-order valence-electron chi connectivity index (χ1n) is 6.76. The second-order valence-electron chi connectivity index (χ2n) is 4.92. The number of carbonyl (C=O) groups excluding carboxylic acids is 1. The number of carbonyl (C=O) groups is 1. The van der Waals surface area contributed by atoms with Crippen molar-refractivity contribution in [2.45, 2.75) is 12.8 Å². The van der Waals surface area contributed by atoms with Gasteiger partial charge in [-0.25, -0.2) is 4.39 Å². The lowest BCUT2D eigenvalue weighted by Crippen LogP contribution is -2.25. The fourth-order valence-corrected chi connectivity index (χ4v) is 2.81. The highest BCUT2D eigenvalue weighted by molar-refractivity contribution is 9.10. The molecule has 1 N–H and O–H groups in total. The van der Waals surface area contributed by atoms with E-state index in [0.717, 1.165) is 12.1 Å². The molecule has 0 aromatic heterocycles. The summed E-state index contributed by atoms with van der Waals surface area (Å²) in [6.45, 7) is 0.672. The van der Waals surface area contributed by atoms with E-state index >= 15 is 0 Å². The molecule has 0 fully saturated rings. The number of benzene rings is 2. The van der Waals surface area contributed by atoms with Crippen LogP contribution < -0.4 is 10.2 Å². The summed E-state index contributed by atoms with van der Waals surface area (Å²) < 4.78 is 14.3. The van der Waals surface area contributed by atoms with E-state index in [2.05, 4.69) is 21.2 Å². The third-order valence-corrected chi connectivity index (χ3v) is 4.06. The highest BCUT2D eigenvalue weighted by atomic mass is 79.9. The third-order valence-electron chi connectivity index (χ3n) is 3.46. The average Bonchev–Trinajstić information content (AvgIpc) is 2.47. The maximum atomic E-state index is 13.9. The Morgan fingerprint density at radius 1 is 1.19 bits per heavy atom. The molecule has 3 rings (SSSR count). The largest absolute Gasteiger partial charge is 0.340 e. The molecule has 2 aromatic rings. The lowest BCUT2D eigenvalue weighted by atomic mass is 10.1. The number of hydrogen-bond donors (Lipinski definition) is 1. The quantitative estimate of drug-likeness (QED) is 0.825. The number of halogens is 2. The fraction of sp³-hybridized carbons (Fsp3) is 0.188. The second-order valence-corrected chi connectivity index (χ2v) is 5.78. The number of fused-ring (bicyclic) bond motifs is 1. The topological polar surface area (TPSA) is 32.3 Å². The van der Waals surface area contributed by atoms with Crippen LogP contribution in [0.3, 0.4) is 0 Å². The van der Waals surface area contributed by atoms with E-state index in [1.165, 1.54) is 6.07 Å². The molecule has 1 heterocycles. The van der Waals surface area contributed by atoms with Crippen molar-refractivity contribution in [3.05, 3.63) is 52.8 Å². The van der Waals surface area contributed by atoms with Crippen molar-refractivity contribution < 1.29 is 9.18 Å². The molecule has 1 aliphatic heterocycles. The Labute approximate surface area is 130 Å². The van der Waals surface area contributed by atoms with Gasteiger partial charge in [-0.3, -0.25) is 4.79 Å². The zero-order chi connectivity index (χ0) is 14.8. The summed E-state index contributed by atoms with van der Waals surface area (Å²) in [5, 5.41) is 2.85. The number of amides is 1. The van der Waals surface area contributed by atoms with E-state index in [0.29, 0.717) is 28.8 Å². The predicted octanol–water partition coefficient (Wildman–Crippen LogP) is 4.46. The molecule has 5 heteroatoms. The molecule has 108 valence electrons. The zero-order valence-electron chi connectivity index (χ0n) is 11.3. The Hall–Kier alpha value is -1.88. The van der Waals surface area contributed by atoms with Gasteiger partial charge in [0.15, 0.2) is 0 Å². The molecular formula is C16H14BrFN2O. The predicted molar refractivity (Wildman–Crippen MR) is 85.4 cm³/mol. The number of nitrogens with zero attached hydrogens (tertiary/aromatic N) is 1. The SMILES string of the molecule is O=C1CCCN(c2ccccc2)c2cc(F)c(Br)cc2N1. The van der Waals surface area contributed by atoms with Gasteiger partial charge in [0, 0.05) is 24.7 Å². The van der Waals surface area contributed by atoms with Gasteiger partial charge in [-0.05, 0) is 40.5 Å². The minimum absolute atomic E-state index is 0.0394. The van der Waals surface area contributed by atoms with Crippen LogP contribution in [0.5, 0.6) is 0 Å². The molecule has 0 saturated heterocycles. The average molecular weight is 349 g/mol. The number of hydrogen-bond acceptors (Lipinski definition) is 2. The van der Waals surface area contributed by atoms with Gasteiger partial charge in [0.2, 0.25) is 5.91 Å². The molecule has 0 saturated carbocycles. The van der Waals surface area contributed by atoms with Crippen LogP contribution in [0.25, 0.3) is 0 Å². The molecule has 3 nitrogen and oxygen atoms in total. The number of anilines is 3. The Balaban J connectivity index is 2.13. The highest BCUT2D eigenvalue weighted by Crippen LogP contribution is 2.37. The Morgan fingerprint density at radius 3 is 2.71 bits per heavy atom. The van der Waals surface area contributed by atoms with Crippen molar-refractivity contribution in [1.82, 2.24) is 0 Å². The van der Waals surface area contributed by atoms with Crippen LogP contribution >= 0.6 is 15.9 Å². The van der Waals surface area contributed by atoms with E-state index in [-0.39, 0.29) is 11.7 Å². The molecule has 0 radical (unpaired) electrons. The van der Waals surface area contributed by atoms with E-state index in [1.807, 2.05) is 35.2 Å². The first kappa shape index (κ1) is 14.1. The second kappa shape index (κ2) is 5.85. The first-order chi connectivity index (χ1) is 10.1. The summed E-state index contributed by atoms with van der Waals surface area (Å²) in [4.78, 5) is 13.8. The van der Waals surface area contributed by atoms with Gasteiger partial charge in [-0.2, -0.15) is 0 Å². The summed E-state index contributed by atoms with van der Waals surface area (Å²) in [5.74, 6) is -0.382. The zero-order valence-corrected chi connectivity index (χ0v) is 12.9. The Kier molecular flexibility index (Phi) is 3.92. The molecule has 21 heavy (non-hydrogen) atoms. The van der Waals surface area contributed by atoms with Gasteiger partial charge < -0.3 is 10.2 Å². The van der Waals surface area contributed by atoms with Crippen LogP contribution in [0, 0.1) is 5.82 Å². The van der Waals surface area contributed by atoms with Crippen LogP contribution in [0.2, 0.25) is 0 Å². The third kappa shape index (κ3) is 2.93. The monoisotopic (exact) mass is 348 g/mol. The smallest absolute Gasteiger partial charge is 0.224 e. The number of rotatable bonds is 1. The number of nitrogens with one attached hydrogen (secondary N) is 1. The molecule has 0 aliphatic carbocycles. The normalized spacial score (nSPS) is 15.0. The van der Waals surface area contributed by atoms with Crippen LogP contribution in [-0.4, -0.2) is 12.5 Å². The van der Waals surface area contributed by atoms with E-state index in [9.17, 15) is 9.18 Å². The Morgan fingerprint density at radius 2 is 1.95 bits per heavy atom. The summed E-state index contributed by atoms with van der Waals surface area (Å²) in [6.07, 6.45) is 1.18. The van der Waals surface area contributed by atoms with Crippen molar-refractivity contribution >= 4 is 38.9 Å². The standard InChI is InChI=1S/C16H14BrFN2O/c17-12-9-14-15(10-13(12)18)20(8-4-7-16(21)19-14)11-5-2-1-3-6-11/h1-3,5-6,9-10H,4,7-8H2,(H,19,21). The summed E-state index contributed by atoms with van der Waals surface area (Å²) in [7, 11) is 0. The van der Waals surface area contributed by atoms with Crippen molar-refractivity contribution in [2.24, 2.45) is 0 Å². The maximum absolute atomic E-state index is 13.9. The Bertz CT molecular complexity index is 675. The minimum Gasteiger partial charge on any atom is -0.340 e. The van der Waals surface area contributed by atoms with Gasteiger partial charge in [-0.1, -0.05) is 18.2 Å². The van der Waals surface area contributed by atoms with E-state index in [1.54, 1.807) is 6.07 Å². The molecule has 0 bridgehead atoms. The maximum Gasteiger partial charge on any atom is 0.224 e. The van der Waals surface area contributed by atoms with Crippen LogP contribution in [0.15, 0.2) is 46.9 Å². The van der Waals surface area contributed by atoms with Crippen LogP contribution in [-0.2, 0) is 4.79 Å². The molecule has 0 unspecified atom stereocenters. The minimum atomic E-state index is -0.343. The molecule has 1 amide bonds. The van der Waals surface area contributed by atoms with Gasteiger partial charge in [-0.15, -0.1) is 0 Å². The van der Waals surface area contributed by atoms with Crippen molar-refractivity contribution in [3.63, 3.8) is 0 Å². The van der Waals surface area contributed by atoms with Gasteiger partial charge in [0.1, 0.15) is 5.82 Å². The molecule has 1 aliphatic rings. The van der Waals surface area contributed by atoms with Crippen molar-refractivity contribution in [2.75, 3.05) is 16.8 Å². The van der Waals surface area contributed by atoms with Crippen LogP contribution in [0.1, 0.15) is 12.8 Å². The first-order valence-corrected chi connectivity index (χ1v) is 7.56. The highest BCUT2D eigenvalue weighted by Gasteiger charge is 2.20. The van der Waals surface area contributed by atoms with Crippen molar-refractivity contribution in [3.8, 4) is 0 Å². The molecule has 0 atom stereocenters. The van der Waals surface area contributed by atoms with E-state index < -0.39 is 0 Å². The summed E-state index contributed by atoms with van der Waals surface area (Å²) >= 11 is 3.17. The number of para-hydroxylation sites is 1. The van der Waals surface area contributed by atoms with Crippen LogP contribution in [0.4, 0.5) is 21.5 Å². The van der Waals surface area contributed by atoms with Crippen molar-refractivity contribution in [1.29, 1.82) is 0 Å². The fourth-order valence-electron chi connectivity index (χ4n) is 2.47. The van der Waals surface area contributed by atoms with Gasteiger partial charge in [0.25, 0.3) is 0 Å². The summed E-state index contributed by atoms with van der Waals surface area (Å²) in [6, 6.07) is 12.9. The lowest BCUT2D eigenvalue weighted by Gasteiger charge is -2.29. The van der Waals surface area contributed by atoms with E-state index in [4.69, 9.17) is 0 Å². The molecule has 0 spiro atoms. The summed E-state index contributed by atoms with van der Waals surface area (Å²) in [5.41, 5.74) is 2.28. The van der Waals surface area contributed by atoms with Gasteiger partial charge >= 0.3 is 0 Å². The van der Waals surface area contributed by atoms with Gasteiger partial charge in [0.05, 0.1) is 15.8 Å². The lowest BCUT2D eigenvalue weighted by molar-refractivity contribution is -0.116.